The highest BCUT2D eigenvalue weighted by atomic mass is 32.2. The summed E-state index contributed by atoms with van der Waals surface area (Å²) in [5.74, 6) is 0.263. The molecule has 30 heavy (non-hydrogen) atoms. The molecular formula is C19H23N7O3S. The van der Waals surface area contributed by atoms with E-state index >= 15 is 0 Å². The zero-order valence-corrected chi connectivity index (χ0v) is 17.8. The molecule has 0 spiro atoms. The van der Waals surface area contributed by atoms with Crippen LogP contribution in [-0.2, 0) is 23.6 Å². The molecule has 1 saturated carbocycles. The number of carbonyl (C=O) groups excluding carboxylic acids is 1. The Morgan fingerprint density at radius 2 is 2.07 bits per heavy atom. The van der Waals surface area contributed by atoms with Crippen molar-refractivity contribution >= 4 is 27.6 Å². The van der Waals surface area contributed by atoms with Crippen molar-refractivity contribution in [3.8, 4) is 0 Å². The molecule has 1 N–H and O–H groups in total. The van der Waals surface area contributed by atoms with Crippen molar-refractivity contribution in [2.45, 2.75) is 49.8 Å². The lowest BCUT2D eigenvalue weighted by Crippen LogP contribution is -2.52. The molecule has 1 amide bonds. The van der Waals surface area contributed by atoms with E-state index in [1.807, 2.05) is 32.0 Å². The molecule has 2 aliphatic heterocycles. The van der Waals surface area contributed by atoms with Crippen molar-refractivity contribution in [2.75, 3.05) is 11.4 Å². The fourth-order valence-corrected chi connectivity index (χ4v) is 5.27. The summed E-state index contributed by atoms with van der Waals surface area (Å²) in [7, 11) is -2.00. The average molecular weight is 430 g/mol. The van der Waals surface area contributed by atoms with Gasteiger partial charge in [0.2, 0.25) is 5.96 Å². The summed E-state index contributed by atoms with van der Waals surface area (Å²) in [5, 5.41) is 4.02. The van der Waals surface area contributed by atoms with Crippen LogP contribution in [0.5, 0.6) is 0 Å². The summed E-state index contributed by atoms with van der Waals surface area (Å²) >= 11 is 0. The van der Waals surface area contributed by atoms with Gasteiger partial charge in [-0.25, -0.2) is 18.1 Å². The molecule has 0 bridgehead atoms. The second kappa shape index (κ2) is 6.35. The Hall–Kier alpha value is -2.79. The summed E-state index contributed by atoms with van der Waals surface area (Å²) in [5.41, 5.74) is 1.34. The number of aromatic nitrogens is 3. The van der Waals surface area contributed by atoms with Crippen molar-refractivity contribution < 1.29 is 13.2 Å². The number of hydrogen-bond acceptors (Lipinski definition) is 7. The minimum atomic E-state index is -3.81. The van der Waals surface area contributed by atoms with Gasteiger partial charge >= 0.3 is 0 Å². The number of aliphatic imine (C=N–C) groups is 1. The fraction of sp³-hybridized carbons (Fsp3) is 0.474. The molecule has 1 fully saturated rings. The molecule has 2 aromatic rings. The monoisotopic (exact) mass is 429 g/mol. The molecule has 2 aromatic heterocycles. The van der Waals surface area contributed by atoms with Crippen LogP contribution in [0.4, 0.5) is 5.69 Å². The SMILES string of the molecule is C[C@@H]1CN=C2N(Cc3cnn(C)c3)C(=O)c3cc(S(=O)(=O)NC4(C)CC4)ncc3N21. The second-order valence-corrected chi connectivity index (χ2v) is 10.1. The molecule has 5 rings (SSSR count). The smallest absolute Gasteiger partial charge is 0.263 e. The molecule has 11 heteroatoms. The van der Waals surface area contributed by atoms with Crippen molar-refractivity contribution in [1.82, 2.24) is 24.4 Å². The third-order valence-corrected chi connectivity index (χ3v) is 7.28. The van der Waals surface area contributed by atoms with Crippen LogP contribution < -0.4 is 9.62 Å². The number of amides is 1. The third kappa shape index (κ3) is 3.08. The Morgan fingerprint density at radius 3 is 2.73 bits per heavy atom. The normalized spacial score (nSPS) is 22.0. The Morgan fingerprint density at radius 1 is 1.30 bits per heavy atom. The van der Waals surface area contributed by atoms with Gasteiger partial charge in [0.25, 0.3) is 15.9 Å². The standard InChI is InChI=1S/C19H23N7O3S/c1-12-7-21-18-25(11-13-8-22-24(3)10-13)17(27)14-6-16(20-9-15(14)26(12)18)30(28,29)23-19(2)4-5-19/h6,8-10,12,23H,4-5,7,11H2,1-3H3/t12-/m1/s1. The summed E-state index contributed by atoms with van der Waals surface area (Å²) < 4.78 is 30.0. The van der Waals surface area contributed by atoms with E-state index < -0.39 is 15.6 Å². The van der Waals surface area contributed by atoms with Gasteiger partial charge in [-0.2, -0.15) is 5.10 Å². The predicted molar refractivity (Wildman–Crippen MR) is 110 cm³/mol. The number of anilines is 1. The predicted octanol–water partition coefficient (Wildman–Crippen LogP) is 0.866. The summed E-state index contributed by atoms with van der Waals surface area (Å²) in [6, 6.07) is 1.42. The molecule has 158 valence electrons. The number of nitrogens with one attached hydrogen (secondary N) is 1. The van der Waals surface area contributed by atoms with Crippen molar-refractivity contribution in [1.29, 1.82) is 0 Å². The molecule has 3 aliphatic rings. The Balaban J connectivity index is 1.55. The topological polar surface area (TPSA) is 113 Å². The molecule has 0 saturated heterocycles. The maximum atomic E-state index is 13.4. The van der Waals surface area contributed by atoms with E-state index in [-0.39, 0.29) is 17.0 Å². The van der Waals surface area contributed by atoms with Gasteiger partial charge in [0.05, 0.1) is 42.8 Å². The van der Waals surface area contributed by atoms with Crippen LogP contribution >= 0.6 is 0 Å². The highest BCUT2D eigenvalue weighted by Crippen LogP contribution is 2.37. The number of guanidine groups is 1. The number of carbonyl (C=O) groups is 1. The molecule has 10 nitrogen and oxygen atoms in total. The van der Waals surface area contributed by atoms with E-state index in [2.05, 4.69) is 19.8 Å². The van der Waals surface area contributed by atoms with Crippen LogP contribution in [0.2, 0.25) is 0 Å². The number of nitrogens with zero attached hydrogens (tertiary/aromatic N) is 6. The summed E-state index contributed by atoms with van der Waals surface area (Å²) in [6.45, 7) is 4.72. The van der Waals surface area contributed by atoms with Gasteiger partial charge in [-0.15, -0.1) is 0 Å². The Kier molecular flexibility index (Phi) is 4.06. The lowest BCUT2D eigenvalue weighted by Gasteiger charge is -2.37. The van der Waals surface area contributed by atoms with Crippen LogP contribution in [0.3, 0.4) is 0 Å². The summed E-state index contributed by atoms with van der Waals surface area (Å²) in [6.07, 6.45) is 6.60. The maximum Gasteiger partial charge on any atom is 0.263 e. The number of sulfonamides is 1. The number of fused-ring (bicyclic) bond motifs is 3. The maximum absolute atomic E-state index is 13.4. The zero-order valence-electron chi connectivity index (χ0n) is 17.0. The molecule has 1 atom stereocenters. The lowest BCUT2D eigenvalue weighted by atomic mass is 10.1. The van der Waals surface area contributed by atoms with E-state index in [4.69, 9.17) is 0 Å². The van der Waals surface area contributed by atoms with E-state index in [1.54, 1.807) is 15.8 Å². The first kappa shape index (κ1) is 19.2. The van der Waals surface area contributed by atoms with Gasteiger partial charge in [-0.05, 0) is 32.8 Å². The van der Waals surface area contributed by atoms with Crippen LogP contribution in [0, 0.1) is 0 Å². The molecular weight excluding hydrogens is 406 g/mol. The minimum Gasteiger partial charge on any atom is -0.305 e. The highest BCUT2D eigenvalue weighted by Gasteiger charge is 2.44. The van der Waals surface area contributed by atoms with Crippen LogP contribution in [0.25, 0.3) is 0 Å². The van der Waals surface area contributed by atoms with Gasteiger partial charge in [-0.1, -0.05) is 0 Å². The minimum absolute atomic E-state index is 0.0380. The molecule has 1 aliphatic carbocycles. The Labute approximate surface area is 174 Å². The number of aryl methyl sites for hydroxylation is 1. The number of hydrogen-bond donors (Lipinski definition) is 1. The molecule has 0 radical (unpaired) electrons. The van der Waals surface area contributed by atoms with Gasteiger partial charge in [0, 0.05) is 24.3 Å². The largest absolute Gasteiger partial charge is 0.305 e. The fourth-order valence-electron chi connectivity index (χ4n) is 3.85. The first-order valence-electron chi connectivity index (χ1n) is 9.84. The first-order chi connectivity index (χ1) is 14.2. The number of rotatable bonds is 5. The molecule has 0 aromatic carbocycles. The van der Waals surface area contributed by atoms with Crippen molar-refractivity contribution in [3.63, 3.8) is 0 Å². The molecule has 4 heterocycles. The van der Waals surface area contributed by atoms with E-state index in [0.717, 1.165) is 18.4 Å². The van der Waals surface area contributed by atoms with E-state index in [1.165, 1.54) is 12.3 Å². The third-order valence-electron chi connectivity index (χ3n) is 5.74. The van der Waals surface area contributed by atoms with Crippen LogP contribution in [0.15, 0.2) is 34.7 Å². The lowest BCUT2D eigenvalue weighted by molar-refractivity contribution is 0.0832. The Bertz CT molecular complexity index is 1180. The van der Waals surface area contributed by atoms with Gasteiger partial charge in [0.15, 0.2) is 5.03 Å². The van der Waals surface area contributed by atoms with Crippen LogP contribution in [0.1, 0.15) is 42.6 Å². The van der Waals surface area contributed by atoms with E-state index in [9.17, 15) is 13.2 Å². The van der Waals surface area contributed by atoms with Crippen LogP contribution in [-0.4, -0.2) is 58.1 Å². The van der Waals surface area contributed by atoms with Gasteiger partial charge in [0.1, 0.15) is 0 Å². The van der Waals surface area contributed by atoms with Gasteiger partial charge < -0.3 is 4.90 Å². The average Bonchev–Trinajstić information content (AvgIpc) is 3.07. The summed E-state index contributed by atoms with van der Waals surface area (Å²) in [4.78, 5) is 25.7. The van der Waals surface area contributed by atoms with E-state index in [0.29, 0.717) is 30.3 Å². The van der Waals surface area contributed by atoms with Gasteiger partial charge in [-0.3, -0.25) is 19.4 Å². The quantitative estimate of drug-likeness (QED) is 0.755. The molecule has 0 unspecified atom stereocenters. The van der Waals surface area contributed by atoms with Crippen molar-refractivity contribution in [2.24, 2.45) is 12.0 Å². The highest BCUT2D eigenvalue weighted by molar-refractivity contribution is 7.89. The second-order valence-electron chi connectivity index (χ2n) is 8.48. The number of pyridine rings is 1. The first-order valence-corrected chi connectivity index (χ1v) is 11.3. The van der Waals surface area contributed by atoms with Crippen molar-refractivity contribution in [3.05, 3.63) is 35.8 Å². The zero-order chi connectivity index (χ0) is 21.3.